The normalized spacial score (nSPS) is 18.7. The van der Waals surface area contributed by atoms with Gasteiger partial charge in [-0.05, 0) is 50.1 Å². The molecule has 1 unspecified atom stereocenters. The van der Waals surface area contributed by atoms with Crippen molar-refractivity contribution in [2.75, 3.05) is 44.8 Å². The third-order valence-electron chi connectivity index (χ3n) is 6.24. The maximum absolute atomic E-state index is 12.9. The lowest BCUT2D eigenvalue weighted by Gasteiger charge is -2.29. The smallest absolute Gasteiger partial charge is 0.263 e. The topological polar surface area (TPSA) is 95.0 Å². The summed E-state index contributed by atoms with van der Waals surface area (Å²) in [7, 11) is 0. The van der Waals surface area contributed by atoms with Crippen molar-refractivity contribution in [3.8, 4) is 11.5 Å². The minimum absolute atomic E-state index is 0.0768. The highest BCUT2D eigenvalue weighted by Crippen LogP contribution is 2.34. The van der Waals surface area contributed by atoms with Crippen LogP contribution in [0.4, 0.5) is 11.5 Å². The highest BCUT2D eigenvalue weighted by Gasteiger charge is 2.25. The van der Waals surface area contributed by atoms with E-state index in [1.165, 1.54) is 6.33 Å². The lowest BCUT2D eigenvalue weighted by molar-refractivity contribution is -0.142. The average Bonchev–Trinajstić information content (AvgIpc) is 3.42. The van der Waals surface area contributed by atoms with Gasteiger partial charge in [-0.2, -0.15) is 0 Å². The molecule has 1 N–H and O–H groups in total. The molecule has 2 aliphatic heterocycles. The molecule has 2 saturated heterocycles. The number of nitrogens with one attached hydrogen (secondary N) is 1. The second-order valence-corrected chi connectivity index (χ2v) is 9.19. The molecular weight excluding hydrogens is 484 g/mol. The fourth-order valence-electron chi connectivity index (χ4n) is 4.34. The van der Waals surface area contributed by atoms with Gasteiger partial charge in [0.15, 0.2) is 6.10 Å². The molecule has 5 rings (SSSR count). The summed E-state index contributed by atoms with van der Waals surface area (Å²) in [5, 5.41) is 4.47. The number of amides is 1. The number of nitrogens with zero attached hydrogens (tertiary/aromatic N) is 3. The second-order valence-electron chi connectivity index (χ2n) is 8.79. The van der Waals surface area contributed by atoms with Crippen molar-refractivity contribution >= 4 is 39.9 Å². The molecule has 190 valence electrons. The van der Waals surface area contributed by atoms with Crippen molar-refractivity contribution in [1.82, 2.24) is 14.9 Å². The fraction of sp³-hybridized carbons (Fsp3) is 0.423. The van der Waals surface area contributed by atoms with Crippen molar-refractivity contribution in [3.05, 3.63) is 47.7 Å². The van der Waals surface area contributed by atoms with Gasteiger partial charge in [0.2, 0.25) is 0 Å². The molecule has 0 aliphatic carbocycles. The Balaban J connectivity index is 1.33. The number of fused-ring (bicyclic) bond motifs is 1. The van der Waals surface area contributed by atoms with Gasteiger partial charge >= 0.3 is 0 Å². The van der Waals surface area contributed by atoms with Gasteiger partial charge in [0.1, 0.15) is 30.3 Å². The largest absolute Gasteiger partial charge is 0.489 e. The van der Waals surface area contributed by atoms with Crippen LogP contribution in [-0.4, -0.2) is 72.5 Å². The molecule has 0 spiro atoms. The van der Waals surface area contributed by atoms with Crippen LogP contribution in [0.15, 0.2) is 42.7 Å². The van der Waals surface area contributed by atoms with Gasteiger partial charge in [0.25, 0.3) is 5.91 Å². The first-order valence-corrected chi connectivity index (χ1v) is 12.5. The van der Waals surface area contributed by atoms with Gasteiger partial charge in [-0.25, -0.2) is 9.97 Å². The summed E-state index contributed by atoms with van der Waals surface area (Å²) >= 11 is 6.49. The molecule has 0 saturated carbocycles. The second kappa shape index (κ2) is 11.3. The monoisotopic (exact) mass is 512 g/mol. The molecule has 0 radical (unpaired) electrons. The fourth-order valence-corrected chi connectivity index (χ4v) is 4.58. The molecule has 3 aromatic rings. The zero-order valence-electron chi connectivity index (χ0n) is 20.1. The van der Waals surface area contributed by atoms with Crippen LogP contribution in [0.2, 0.25) is 5.02 Å². The summed E-state index contributed by atoms with van der Waals surface area (Å²) in [5.41, 5.74) is 1.43. The number of carbonyl (C=O) groups is 1. The van der Waals surface area contributed by atoms with Crippen molar-refractivity contribution in [2.24, 2.45) is 0 Å². The minimum Gasteiger partial charge on any atom is -0.489 e. The standard InChI is InChI=1S/C26H29ClN4O5/c1-17(26(32)31-9-12-33-13-10-31)36-23-6-2-5-21-24(23)25(29-16-28-21)30-18-7-8-22(20(27)14-18)35-15-19-4-3-11-34-19/h2,5-8,14,16-17,19H,3-4,9-13,15H2,1H3,(H,28,29,30)/t17-,19?/m1/s1. The molecule has 2 atom stereocenters. The van der Waals surface area contributed by atoms with Crippen LogP contribution in [0, 0.1) is 0 Å². The number of benzene rings is 2. The molecule has 9 nitrogen and oxygen atoms in total. The summed E-state index contributed by atoms with van der Waals surface area (Å²) in [6.45, 7) is 5.21. The lowest BCUT2D eigenvalue weighted by Crippen LogP contribution is -2.46. The summed E-state index contributed by atoms with van der Waals surface area (Å²) in [6.07, 6.45) is 2.98. The Labute approximate surface area is 214 Å². The van der Waals surface area contributed by atoms with Crippen molar-refractivity contribution in [1.29, 1.82) is 0 Å². The van der Waals surface area contributed by atoms with Crippen molar-refractivity contribution in [2.45, 2.75) is 32.0 Å². The lowest BCUT2D eigenvalue weighted by atomic mass is 10.2. The third-order valence-corrected chi connectivity index (χ3v) is 6.54. The Morgan fingerprint density at radius 3 is 2.83 bits per heavy atom. The van der Waals surface area contributed by atoms with Gasteiger partial charge in [-0.1, -0.05) is 17.7 Å². The quantitative estimate of drug-likeness (QED) is 0.479. The Kier molecular flexibility index (Phi) is 7.69. The van der Waals surface area contributed by atoms with Crippen LogP contribution < -0.4 is 14.8 Å². The Morgan fingerprint density at radius 1 is 1.19 bits per heavy atom. The maximum Gasteiger partial charge on any atom is 0.263 e. The highest BCUT2D eigenvalue weighted by atomic mass is 35.5. The highest BCUT2D eigenvalue weighted by molar-refractivity contribution is 6.32. The van der Waals surface area contributed by atoms with Gasteiger partial charge < -0.3 is 29.2 Å². The molecular formula is C26H29ClN4O5. The summed E-state index contributed by atoms with van der Waals surface area (Å²) < 4.78 is 22.9. The Hall–Kier alpha value is -3.14. The van der Waals surface area contributed by atoms with Gasteiger partial charge in [0.05, 0.1) is 35.2 Å². The number of hydrogen-bond donors (Lipinski definition) is 1. The third kappa shape index (κ3) is 5.64. The summed E-state index contributed by atoms with van der Waals surface area (Å²) in [6, 6.07) is 11.0. The number of rotatable bonds is 8. The molecule has 36 heavy (non-hydrogen) atoms. The van der Waals surface area contributed by atoms with Crippen LogP contribution in [-0.2, 0) is 14.3 Å². The molecule has 1 amide bonds. The van der Waals surface area contributed by atoms with E-state index < -0.39 is 6.10 Å². The van der Waals surface area contributed by atoms with E-state index in [0.29, 0.717) is 66.2 Å². The Bertz CT molecular complexity index is 1210. The van der Waals surface area contributed by atoms with E-state index in [1.54, 1.807) is 17.9 Å². The van der Waals surface area contributed by atoms with Crippen LogP contribution in [0.25, 0.3) is 10.9 Å². The number of anilines is 2. The van der Waals surface area contributed by atoms with Crippen LogP contribution in [0.3, 0.4) is 0 Å². The Morgan fingerprint density at radius 2 is 2.06 bits per heavy atom. The summed E-state index contributed by atoms with van der Waals surface area (Å²) in [5.74, 6) is 1.59. The SMILES string of the molecule is C[C@@H](Oc1cccc2ncnc(Nc3ccc(OCC4CCCO4)c(Cl)c3)c12)C(=O)N1CCOCC1. The predicted octanol–water partition coefficient (Wildman–Crippen LogP) is 4.21. The van der Waals surface area contributed by atoms with E-state index in [4.69, 9.17) is 30.5 Å². The minimum atomic E-state index is -0.670. The average molecular weight is 513 g/mol. The van der Waals surface area contributed by atoms with Crippen LogP contribution in [0.5, 0.6) is 11.5 Å². The van der Waals surface area contributed by atoms with E-state index in [1.807, 2.05) is 30.3 Å². The first-order chi connectivity index (χ1) is 17.6. The zero-order valence-corrected chi connectivity index (χ0v) is 20.9. The van der Waals surface area contributed by atoms with Gasteiger partial charge in [0, 0.05) is 25.4 Å². The molecule has 10 heteroatoms. The first-order valence-electron chi connectivity index (χ1n) is 12.2. The maximum atomic E-state index is 12.9. The molecule has 2 aliphatic rings. The molecule has 1 aromatic heterocycles. The molecule has 3 heterocycles. The van der Waals surface area contributed by atoms with E-state index in [0.717, 1.165) is 25.1 Å². The van der Waals surface area contributed by atoms with Gasteiger partial charge in [-0.3, -0.25) is 4.79 Å². The number of aromatic nitrogens is 2. The number of carbonyl (C=O) groups excluding carboxylic acids is 1. The molecule has 2 fully saturated rings. The number of ether oxygens (including phenoxy) is 4. The van der Waals surface area contributed by atoms with Crippen molar-refractivity contribution in [3.63, 3.8) is 0 Å². The number of hydrogen-bond acceptors (Lipinski definition) is 8. The van der Waals surface area contributed by atoms with Crippen molar-refractivity contribution < 1.29 is 23.7 Å². The molecule has 2 aromatic carbocycles. The first kappa shape index (κ1) is 24.5. The van der Waals surface area contributed by atoms with Gasteiger partial charge in [-0.15, -0.1) is 0 Å². The van der Waals surface area contributed by atoms with E-state index >= 15 is 0 Å². The molecule has 0 bridgehead atoms. The van der Waals surface area contributed by atoms with E-state index in [-0.39, 0.29) is 12.0 Å². The predicted molar refractivity (Wildman–Crippen MR) is 136 cm³/mol. The number of halogens is 1. The van der Waals surface area contributed by atoms with E-state index in [9.17, 15) is 4.79 Å². The van der Waals surface area contributed by atoms with Crippen LogP contribution >= 0.6 is 11.6 Å². The summed E-state index contributed by atoms with van der Waals surface area (Å²) in [4.78, 5) is 23.5. The van der Waals surface area contributed by atoms with Crippen LogP contribution in [0.1, 0.15) is 19.8 Å². The number of morpholine rings is 1. The van der Waals surface area contributed by atoms with E-state index in [2.05, 4.69) is 15.3 Å². The zero-order chi connectivity index (χ0) is 24.9.